The number of aryl methyl sites for hydroxylation is 4. The third-order valence-electron chi connectivity index (χ3n) is 3.15. The molecule has 94 valence electrons. The minimum Gasteiger partial charge on any atom is -0.508 e. The van der Waals surface area contributed by atoms with E-state index in [4.69, 9.17) is 0 Å². The Morgan fingerprint density at radius 1 is 0.722 bits per heavy atom. The molecule has 0 saturated heterocycles. The summed E-state index contributed by atoms with van der Waals surface area (Å²) in [5.74, 6) is 0.670. The summed E-state index contributed by atoms with van der Waals surface area (Å²) in [6, 6.07) is 11.4. The van der Waals surface area contributed by atoms with Crippen LogP contribution in [0.4, 0.5) is 0 Å². The van der Waals surface area contributed by atoms with Gasteiger partial charge in [0.15, 0.2) is 0 Å². The van der Waals surface area contributed by atoms with Crippen LogP contribution in [-0.4, -0.2) is 10.2 Å². The van der Waals surface area contributed by atoms with Crippen molar-refractivity contribution in [2.75, 3.05) is 0 Å². The minimum absolute atomic E-state index is 0.335. The summed E-state index contributed by atoms with van der Waals surface area (Å²) < 4.78 is 0. The molecule has 0 bridgehead atoms. The van der Waals surface area contributed by atoms with Gasteiger partial charge in [-0.3, -0.25) is 0 Å². The molecule has 0 spiro atoms. The molecule has 0 fully saturated rings. The Kier molecular flexibility index (Phi) is 3.56. The predicted molar refractivity (Wildman–Crippen MR) is 73.1 cm³/mol. The molecule has 2 aromatic carbocycles. The van der Waals surface area contributed by atoms with Gasteiger partial charge in [0.05, 0.1) is 0 Å². The van der Waals surface area contributed by atoms with E-state index in [1.54, 1.807) is 12.1 Å². The number of rotatable bonds is 3. The van der Waals surface area contributed by atoms with Crippen LogP contribution < -0.4 is 0 Å². The lowest BCUT2D eigenvalue weighted by Gasteiger charge is -2.08. The summed E-state index contributed by atoms with van der Waals surface area (Å²) >= 11 is 0. The monoisotopic (exact) mass is 242 g/mol. The summed E-state index contributed by atoms with van der Waals surface area (Å²) in [6.07, 6.45) is 1.45. The SMILES string of the molecule is Cc1ccc(CCc2ccc(C)cc2O)c(O)c1. The molecular weight excluding hydrogens is 224 g/mol. The zero-order valence-electron chi connectivity index (χ0n) is 10.8. The molecule has 0 atom stereocenters. The van der Waals surface area contributed by atoms with E-state index in [1.165, 1.54) is 0 Å². The van der Waals surface area contributed by atoms with E-state index in [0.717, 1.165) is 35.1 Å². The first kappa shape index (κ1) is 12.5. The first-order valence-electron chi connectivity index (χ1n) is 6.13. The molecule has 0 unspecified atom stereocenters. The fourth-order valence-corrected chi connectivity index (χ4v) is 2.04. The molecule has 2 aromatic rings. The van der Waals surface area contributed by atoms with Crippen molar-refractivity contribution in [2.24, 2.45) is 0 Å². The zero-order chi connectivity index (χ0) is 13.1. The molecule has 0 aliphatic carbocycles. The van der Waals surface area contributed by atoms with Gasteiger partial charge in [0.2, 0.25) is 0 Å². The van der Waals surface area contributed by atoms with Crippen LogP contribution in [0.1, 0.15) is 22.3 Å². The molecule has 0 aliphatic rings. The predicted octanol–water partition coefficient (Wildman–Crippen LogP) is 3.50. The van der Waals surface area contributed by atoms with Gasteiger partial charge in [-0.15, -0.1) is 0 Å². The van der Waals surface area contributed by atoms with Gasteiger partial charge in [0.25, 0.3) is 0 Å². The quantitative estimate of drug-likeness (QED) is 0.864. The highest BCUT2D eigenvalue weighted by atomic mass is 16.3. The maximum atomic E-state index is 9.82. The van der Waals surface area contributed by atoms with E-state index >= 15 is 0 Å². The maximum Gasteiger partial charge on any atom is 0.119 e. The van der Waals surface area contributed by atoms with Gasteiger partial charge in [-0.05, 0) is 61.1 Å². The van der Waals surface area contributed by atoms with E-state index in [-0.39, 0.29) is 0 Å². The normalized spacial score (nSPS) is 10.6. The van der Waals surface area contributed by atoms with Crippen molar-refractivity contribution in [3.05, 3.63) is 58.7 Å². The van der Waals surface area contributed by atoms with Crippen molar-refractivity contribution < 1.29 is 10.2 Å². The second-order valence-electron chi connectivity index (χ2n) is 4.76. The highest BCUT2D eigenvalue weighted by Crippen LogP contribution is 2.24. The zero-order valence-corrected chi connectivity index (χ0v) is 10.8. The van der Waals surface area contributed by atoms with Gasteiger partial charge in [-0.1, -0.05) is 24.3 Å². The molecule has 0 heterocycles. The van der Waals surface area contributed by atoms with Crippen LogP contribution in [-0.2, 0) is 12.8 Å². The standard InChI is InChI=1S/C16H18O2/c1-11-3-5-13(15(17)9-11)7-8-14-6-4-12(2)10-16(14)18/h3-6,9-10,17-18H,7-8H2,1-2H3. The Balaban J connectivity index is 2.11. The molecule has 2 heteroatoms. The highest BCUT2D eigenvalue weighted by molar-refractivity contribution is 5.39. The second kappa shape index (κ2) is 5.13. The summed E-state index contributed by atoms with van der Waals surface area (Å²) in [7, 11) is 0. The molecule has 2 rings (SSSR count). The topological polar surface area (TPSA) is 40.5 Å². The molecule has 2 nitrogen and oxygen atoms in total. The van der Waals surface area contributed by atoms with Gasteiger partial charge in [-0.2, -0.15) is 0 Å². The van der Waals surface area contributed by atoms with Crippen molar-refractivity contribution >= 4 is 0 Å². The molecular formula is C16H18O2. The average Bonchev–Trinajstić information content (AvgIpc) is 2.30. The molecule has 2 N–H and O–H groups in total. The fourth-order valence-electron chi connectivity index (χ4n) is 2.04. The van der Waals surface area contributed by atoms with Gasteiger partial charge >= 0.3 is 0 Å². The van der Waals surface area contributed by atoms with Crippen LogP contribution >= 0.6 is 0 Å². The van der Waals surface area contributed by atoms with E-state index in [2.05, 4.69) is 0 Å². The van der Waals surface area contributed by atoms with Gasteiger partial charge < -0.3 is 10.2 Å². The summed E-state index contributed by atoms with van der Waals surface area (Å²) in [5.41, 5.74) is 3.94. The largest absolute Gasteiger partial charge is 0.508 e. The lowest BCUT2D eigenvalue weighted by atomic mass is 10.0. The third kappa shape index (κ3) is 2.83. The molecule has 0 saturated carbocycles. The lowest BCUT2D eigenvalue weighted by Crippen LogP contribution is -1.93. The van der Waals surface area contributed by atoms with Crippen molar-refractivity contribution in [3.8, 4) is 11.5 Å². The number of benzene rings is 2. The number of aromatic hydroxyl groups is 2. The van der Waals surface area contributed by atoms with Crippen LogP contribution in [0.2, 0.25) is 0 Å². The van der Waals surface area contributed by atoms with Crippen LogP contribution in [0.3, 0.4) is 0 Å². The first-order chi connectivity index (χ1) is 8.56. The van der Waals surface area contributed by atoms with Gasteiger partial charge in [0, 0.05) is 0 Å². The summed E-state index contributed by atoms with van der Waals surface area (Å²) in [6.45, 7) is 3.91. The third-order valence-corrected chi connectivity index (χ3v) is 3.15. The molecule has 0 aliphatic heterocycles. The van der Waals surface area contributed by atoms with Crippen LogP contribution in [0.15, 0.2) is 36.4 Å². The Hall–Kier alpha value is -1.96. The Morgan fingerprint density at radius 2 is 1.11 bits per heavy atom. The van der Waals surface area contributed by atoms with Crippen molar-refractivity contribution in [1.29, 1.82) is 0 Å². The van der Waals surface area contributed by atoms with Crippen molar-refractivity contribution in [3.63, 3.8) is 0 Å². The Bertz CT molecular complexity index is 508. The maximum absolute atomic E-state index is 9.82. The highest BCUT2D eigenvalue weighted by Gasteiger charge is 2.05. The fraction of sp³-hybridized carbons (Fsp3) is 0.250. The van der Waals surface area contributed by atoms with Gasteiger partial charge in [0.1, 0.15) is 11.5 Å². The number of hydrogen-bond donors (Lipinski definition) is 2. The summed E-state index contributed by atoms with van der Waals surface area (Å²) in [5, 5.41) is 19.6. The lowest BCUT2D eigenvalue weighted by molar-refractivity contribution is 0.462. The van der Waals surface area contributed by atoms with Crippen LogP contribution in [0.5, 0.6) is 11.5 Å². The Morgan fingerprint density at radius 3 is 1.44 bits per heavy atom. The second-order valence-corrected chi connectivity index (χ2v) is 4.76. The molecule has 0 aromatic heterocycles. The molecule has 18 heavy (non-hydrogen) atoms. The minimum atomic E-state index is 0.335. The van der Waals surface area contributed by atoms with Crippen molar-refractivity contribution in [1.82, 2.24) is 0 Å². The van der Waals surface area contributed by atoms with E-state index in [9.17, 15) is 10.2 Å². The van der Waals surface area contributed by atoms with E-state index < -0.39 is 0 Å². The van der Waals surface area contributed by atoms with Crippen molar-refractivity contribution in [2.45, 2.75) is 26.7 Å². The first-order valence-corrected chi connectivity index (χ1v) is 6.13. The average molecular weight is 242 g/mol. The Labute approximate surface area is 108 Å². The number of phenols is 2. The van der Waals surface area contributed by atoms with Crippen LogP contribution in [0, 0.1) is 13.8 Å². The van der Waals surface area contributed by atoms with E-state index in [1.807, 2.05) is 38.1 Å². The van der Waals surface area contributed by atoms with Crippen LogP contribution in [0.25, 0.3) is 0 Å². The smallest absolute Gasteiger partial charge is 0.119 e. The summed E-state index contributed by atoms with van der Waals surface area (Å²) in [4.78, 5) is 0. The van der Waals surface area contributed by atoms with Gasteiger partial charge in [-0.25, -0.2) is 0 Å². The molecule has 0 radical (unpaired) electrons. The number of hydrogen-bond acceptors (Lipinski definition) is 2. The van der Waals surface area contributed by atoms with E-state index in [0.29, 0.717) is 11.5 Å². The number of phenolic OH excluding ortho intramolecular Hbond substituents is 2. The molecule has 0 amide bonds.